The van der Waals surface area contributed by atoms with E-state index in [0.29, 0.717) is 17.4 Å². The standard InChI is InChI=1S/C13H22N6/c1-9(2)19-6-4-5-15-11(8-19)7-12(14)13-10(3)16-18-17-13/h7,9H,4-6,8,14H2,1-3H3,(H,16,17,18)/b12-7-. The molecule has 0 bridgehead atoms. The summed E-state index contributed by atoms with van der Waals surface area (Å²) >= 11 is 0. The Morgan fingerprint density at radius 1 is 1.42 bits per heavy atom. The highest BCUT2D eigenvalue weighted by atomic mass is 15.3. The largest absolute Gasteiger partial charge is 0.397 e. The fourth-order valence-corrected chi connectivity index (χ4v) is 2.17. The van der Waals surface area contributed by atoms with Crippen LogP contribution in [0.4, 0.5) is 0 Å². The molecule has 0 saturated carbocycles. The Morgan fingerprint density at radius 2 is 2.21 bits per heavy atom. The van der Waals surface area contributed by atoms with E-state index in [1.807, 2.05) is 13.0 Å². The molecule has 3 N–H and O–H groups in total. The van der Waals surface area contributed by atoms with Crippen molar-refractivity contribution < 1.29 is 0 Å². The summed E-state index contributed by atoms with van der Waals surface area (Å²) in [4.78, 5) is 7.00. The average Bonchev–Trinajstić information content (AvgIpc) is 2.64. The lowest BCUT2D eigenvalue weighted by Gasteiger charge is -2.24. The molecule has 0 fully saturated rings. The molecule has 0 atom stereocenters. The first-order valence-electron chi connectivity index (χ1n) is 6.70. The lowest BCUT2D eigenvalue weighted by Crippen LogP contribution is -2.35. The van der Waals surface area contributed by atoms with Crippen LogP contribution in [0.2, 0.25) is 0 Å². The molecule has 2 rings (SSSR count). The van der Waals surface area contributed by atoms with Crippen molar-refractivity contribution in [2.75, 3.05) is 19.6 Å². The van der Waals surface area contributed by atoms with Gasteiger partial charge >= 0.3 is 0 Å². The first-order valence-corrected chi connectivity index (χ1v) is 6.70. The third-order valence-corrected chi connectivity index (χ3v) is 3.33. The van der Waals surface area contributed by atoms with Crippen LogP contribution < -0.4 is 5.73 Å². The van der Waals surface area contributed by atoms with Gasteiger partial charge in [0.2, 0.25) is 0 Å². The summed E-state index contributed by atoms with van der Waals surface area (Å²) in [6.07, 6.45) is 3.02. The number of aromatic nitrogens is 3. The van der Waals surface area contributed by atoms with E-state index in [4.69, 9.17) is 5.73 Å². The minimum absolute atomic E-state index is 0.520. The van der Waals surface area contributed by atoms with E-state index in [1.165, 1.54) is 0 Å². The second-order valence-corrected chi connectivity index (χ2v) is 5.15. The molecular weight excluding hydrogens is 240 g/mol. The molecule has 0 amide bonds. The zero-order valence-electron chi connectivity index (χ0n) is 11.8. The maximum atomic E-state index is 6.08. The molecule has 0 radical (unpaired) electrons. The summed E-state index contributed by atoms with van der Waals surface area (Å²) in [5, 5.41) is 10.6. The van der Waals surface area contributed by atoms with Gasteiger partial charge in [0, 0.05) is 25.7 Å². The SMILES string of the molecule is Cc1n[nH]nc1/C(N)=C/C1=NCCCN(C(C)C)C1. The molecule has 0 saturated heterocycles. The van der Waals surface area contributed by atoms with Crippen LogP contribution in [-0.4, -0.2) is 51.7 Å². The summed E-state index contributed by atoms with van der Waals surface area (Å²) < 4.78 is 0. The van der Waals surface area contributed by atoms with E-state index in [9.17, 15) is 0 Å². The van der Waals surface area contributed by atoms with Gasteiger partial charge in [0.1, 0.15) is 5.69 Å². The van der Waals surface area contributed by atoms with Crippen LogP contribution >= 0.6 is 0 Å². The Bertz CT molecular complexity index is 485. The lowest BCUT2D eigenvalue weighted by molar-refractivity contribution is 0.257. The molecule has 6 heteroatoms. The summed E-state index contributed by atoms with van der Waals surface area (Å²) in [7, 11) is 0. The molecule has 0 aliphatic carbocycles. The third-order valence-electron chi connectivity index (χ3n) is 3.33. The molecule has 6 nitrogen and oxygen atoms in total. The highest BCUT2D eigenvalue weighted by molar-refractivity contribution is 6.01. The number of nitrogens with zero attached hydrogens (tertiary/aromatic N) is 4. The van der Waals surface area contributed by atoms with Gasteiger partial charge in [-0.25, -0.2) is 0 Å². The number of aryl methyl sites for hydroxylation is 1. The Kier molecular flexibility index (Phi) is 4.31. The van der Waals surface area contributed by atoms with Crippen molar-refractivity contribution in [1.29, 1.82) is 0 Å². The van der Waals surface area contributed by atoms with Gasteiger partial charge < -0.3 is 5.73 Å². The summed E-state index contributed by atoms with van der Waals surface area (Å²) in [6, 6.07) is 0.520. The highest BCUT2D eigenvalue weighted by Crippen LogP contribution is 2.11. The molecule has 1 aliphatic heterocycles. The van der Waals surface area contributed by atoms with E-state index in [-0.39, 0.29) is 0 Å². The van der Waals surface area contributed by atoms with Crippen molar-refractivity contribution in [2.24, 2.45) is 10.7 Å². The zero-order valence-corrected chi connectivity index (χ0v) is 11.8. The molecule has 0 unspecified atom stereocenters. The molecule has 1 aromatic heterocycles. The summed E-state index contributed by atoms with van der Waals surface area (Å²) in [5.74, 6) is 0. The average molecular weight is 262 g/mol. The summed E-state index contributed by atoms with van der Waals surface area (Å²) in [5.41, 5.74) is 9.24. The van der Waals surface area contributed by atoms with E-state index in [0.717, 1.165) is 37.5 Å². The van der Waals surface area contributed by atoms with Crippen molar-refractivity contribution in [3.63, 3.8) is 0 Å². The first kappa shape index (κ1) is 13.7. The van der Waals surface area contributed by atoms with Gasteiger partial charge in [0.25, 0.3) is 0 Å². The zero-order chi connectivity index (χ0) is 13.8. The van der Waals surface area contributed by atoms with Crippen molar-refractivity contribution in [2.45, 2.75) is 33.2 Å². The van der Waals surface area contributed by atoms with E-state index < -0.39 is 0 Å². The number of nitrogens with one attached hydrogen (secondary N) is 1. The topological polar surface area (TPSA) is 83.2 Å². The minimum atomic E-state index is 0.520. The smallest absolute Gasteiger partial charge is 0.131 e. The van der Waals surface area contributed by atoms with E-state index in [2.05, 4.69) is 39.2 Å². The predicted molar refractivity (Wildman–Crippen MR) is 76.9 cm³/mol. The first-order chi connectivity index (χ1) is 9.08. The van der Waals surface area contributed by atoms with Crippen LogP contribution in [0.15, 0.2) is 11.1 Å². The number of aliphatic imine (C=N–C) groups is 1. The van der Waals surface area contributed by atoms with Crippen molar-refractivity contribution in [1.82, 2.24) is 20.3 Å². The number of nitrogens with two attached hydrogens (primary N) is 1. The maximum Gasteiger partial charge on any atom is 0.131 e. The van der Waals surface area contributed by atoms with Crippen molar-refractivity contribution in [3.05, 3.63) is 17.5 Å². The van der Waals surface area contributed by atoms with Crippen LogP contribution in [-0.2, 0) is 0 Å². The van der Waals surface area contributed by atoms with Crippen molar-refractivity contribution >= 4 is 11.4 Å². The molecule has 2 heterocycles. The number of rotatable bonds is 3. The van der Waals surface area contributed by atoms with E-state index >= 15 is 0 Å². The monoisotopic (exact) mass is 262 g/mol. The number of H-pyrrole nitrogens is 1. The van der Waals surface area contributed by atoms with Gasteiger partial charge in [0.05, 0.1) is 17.1 Å². The lowest BCUT2D eigenvalue weighted by atomic mass is 10.2. The second kappa shape index (κ2) is 5.97. The van der Waals surface area contributed by atoms with Crippen LogP contribution in [0.1, 0.15) is 31.7 Å². The van der Waals surface area contributed by atoms with Crippen LogP contribution in [0.5, 0.6) is 0 Å². The highest BCUT2D eigenvalue weighted by Gasteiger charge is 2.15. The Morgan fingerprint density at radius 3 is 2.84 bits per heavy atom. The molecule has 0 aromatic carbocycles. The van der Waals surface area contributed by atoms with E-state index in [1.54, 1.807) is 0 Å². The van der Waals surface area contributed by atoms with Crippen LogP contribution in [0.25, 0.3) is 5.70 Å². The molecular formula is C13H22N6. The predicted octanol–water partition coefficient (Wildman–Crippen LogP) is 0.968. The Balaban J connectivity index is 2.16. The number of aromatic amines is 1. The van der Waals surface area contributed by atoms with Gasteiger partial charge in [-0.15, -0.1) is 0 Å². The second-order valence-electron chi connectivity index (χ2n) is 5.15. The Hall–Kier alpha value is -1.69. The van der Waals surface area contributed by atoms with Gasteiger partial charge in [-0.2, -0.15) is 15.4 Å². The number of hydrogen-bond acceptors (Lipinski definition) is 5. The van der Waals surface area contributed by atoms with Crippen LogP contribution in [0, 0.1) is 6.92 Å². The van der Waals surface area contributed by atoms with Gasteiger partial charge in [-0.3, -0.25) is 9.89 Å². The molecule has 0 spiro atoms. The molecule has 1 aromatic rings. The normalized spacial score (nSPS) is 18.5. The fraction of sp³-hybridized carbons (Fsp3) is 0.615. The molecule has 19 heavy (non-hydrogen) atoms. The van der Waals surface area contributed by atoms with Gasteiger partial charge in [-0.1, -0.05) is 0 Å². The van der Waals surface area contributed by atoms with Gasteiger partial charge in [0.15, 0.2) is 0 Å². The molecule has 104 valence electrons. The van der Waals surface area contributed by atoms with Crippen LogP contribution in [0.3, 0.4) is 0 Å². The maximum absolute atomic E-state index is 6.08. The molecule has 1 aliphatic rings. The quantitative estimate of drug-likeness (QED) is 0.850. The van der Waals surface area contributed by atoms with Gasteiger partial charge in [-0.05, 0) is 33.3 Å². The number of hydrogen-bond donors (Lipinski definition) is 2. The Labute approximate surface area is 113 Å². The third kappa shape index (κ3) is 3.41. The fourth-order valence-electron chi connectivity index (χ4n) is 2.17. The van der Waals surface area contributed by atoms with Crippen molar-refractivity contribution in [3.8, 4) is 0 Å². The summed E-state index contributed by atoms with van der Waals surface area (Å²) in [6.45, 7) is 9.08. The minimum Gasteiger partial charge on any atom is -0.397 e.